The Morgan fingerprint density at radius 3 is 2.85 bits per heavy atom. The number of methoxy groups -OCH3 is 1. The van der Waals surface area contributed by atoms with Crippen LogP contribution in [0.25, 0.3) is 11.0 Å². The summed E-state index contributed by atoms with van der Waals surface area (Å²) in [5, 5.41) is -0.0202. The van der Waals surface area contributed by atoms with Gasteiger partial charge >= 0.3 is 5.97 Å². The van der Waals surface area contributed by atoms with Crippen LogP contribution in [-0.4, -0.2) is 28.5 Å². The topological polar surface area (TPSA) is 44.1 Å². The lowest BCUT2D eigenvalue weighted by molar-refractivity contribution is -0.143. The summed E-state index contributed by atoms with van der Waals surface area (Å²) in [7, 11) is 1.31. The van der Waals surface area contributed by atoms with E-state index in [1.54, 1.807) is 11.5 Å². The van der Waals surface area contributed by atoms with E-state index in [0.717, 1.165) is 0 Å². The number of ether oxygens (including phenoxy) is 1. The molecule has 108 valence electrons. The number of halogens is 3. The third-order valence-electron chi connectivity index (χ3n) is 3.05. The number of aryl methyl sites for hydroxylation is 1. The molecule has 0 radical (unpaired) electrons. The molecule has 0 aliphatic heterocycles. The van der Waals surface area contributed by atoms with Crippen LogP contribution in [0.1, 0.15) is 18.8 Å². The summed E-state index contributed by atoms with van der Waals surface area (Å²) in [6.45, 7) is 1.68. The Balaban J connectivity index is 2.67. The Morgan fingerprint density at radius 1 is 1.55 bits per heavy atom. The second-order valence-electron chi connectivity index (χ2n) is 4.29. The Labute approximate surface area is 125 Å². The summed E-state index contributed by atoms with van der Waals surface area (Å²) >= 11 is 11.6. The molecule has 0 amide bonds. The van der Waals surface area contributed by atoms with Crippen molar-refractivity contribution >= 4 is 40.2 Å². The highest BCUT2D eigenvalue weighted by Crippen LogP contribution is 2.27. The zero-order valence-electron chi connectivity index (χ0n) is 11.0. The maximum atomic E-state index is 13.5. The van der Waals surface area contributed by atoms with E-state index in [-0.39, 0.29) is 5.02 Å². The van der Waals surface area contributed by atoms with Crippen molar-refractivity contribution in [1.82, 2.24) is 9.55 Å². The molecule has 1 aromatic heterocycles. The van der Waals surface area contributed by atoms with Crippen molar-refractivity contribution < 1.29 is 13.9 Å². The van der Waals surface area contributed by atoms with Gasteiger partial charge in [0.1, 0.15) is 17.7 Å². The number of aromatic nitrogens is 2. The van der Waals surface area contributed by atoms with Crippen molar-refractivity contribution in [2.75, 3.05) is 13.0 Å². The van der Waals surface area contributed by atoms with Gasteiger partial charge in [0.25, 0.3) is 0 Å². The lowest BCUT2D eigenvalue weighted by Crippen LogP contribution is -2.20. The van der Waals surface area contributed by atoms with E-state index in [4.69, 9.17) is 27.9 Å². The van der Waals surface area contributed by atoms with Crippen LogP contribution in [0.15, 0.2) is 12.1 Å². The van der Waals surface area contributed by atoms with Gasteiger partial charge in [0.2, 0.25) is 0 Å². The third-order valence-corrected chi connectivity index (χ3v) is 3.53. The van der Waals surface area contributed by atoms with E-state index < -0.39 is 17.8 Å². The predicted molar refractivity (Wildman–Crippen MR) is 75.9 cm³/mol. The highest BCUT2D eigenvalue weighted by atomic mass is 35.5. The number of imidazole rings is 1. The first kappa shape index (κ1) is 15.1. The molecule has 0 aliphatic carbocycles. The number of fused-ring (bicyclic) bond motifs is 1. The molecule has 0 N–H and O–H groups in total. The Hall–Kier alpha value is -1.33. The lowest BCUT2D eigenvalue weighted by atomic mass is 10.2. The maximum Gasteiger partial charge on any atom is 0.328 e. The molecule has 0 bridgehead atoms. The molecule has 1 heterocycles. The number of hydrogen-bond acceptors (Lipinski definition) is 3. The summed E-state index contributed by atoms with van der Waals surface area (Å²) in [5.74, 6) is -0.0324. The van der Waals surface area contributed by atoms with Gasteiger partial charge in [-0.1, -0.05) is 11.6 Å². The number of carbonyl (C=O) groups excluding carboxylic acids is 1. The van der Waals surface area contributed by atoms with Crippen LogP contribution in [0.3, 0.4) is 0 Å². The van der Waals surface area contributed by atoms with Crippen molar-refractivity contribution in [2.24, 2.45) is 0 Å². The highest BCUT2D eigenvalue weighted by molar-refractivity contribution is 6.31. The normalized spacial score (nSPS) is 12.7. The van der Waals surface area contributed by atoms with Gasteiger partial charge in [0.05, 0.1) is 23.2 Å². The Bertz CT molecular complexity index is 657. The van der Waals surface area contributed by atoms with E-state index in [2.05, 4.69) is 4.98 Å². The minimum atomic E-state index is -0.593. The fourth-order valence-electron chi connectivity index (χ4n) is 2.11. The molecule has 1 atom stereocenters. The second kappa shape index (κ2) is 5.97. The SMILES string of the molecule is COC(=O)C(C)n1c(CCCl)nc2cc(F)c(Cl)cc21. The van der Waals surface area contributed by atoms with Crippen molar-refractivity contribution in [1.29, 1.82) is 0 Å². The molecular weight excluding hydrogens is 306 g/mol. The zero-order valence-corrected chi connectivity index (χ0v) is 12.5. The average Bonchev–Trinajstić information content (AvgIpc) is 2.75. The van der Waals surface area contributed by atoms with Crippen LogP contribution in [-0.2, 0) is 16.0 Å². The largest absolute Gasteiger partial charge is 0.467 e. The zero-order chi connectivity index (χ0) is 14.9. The first-order chi connectivity index (χ1) is 9.49. The van der Waals surface area contributed by atoms with Gasteiger partial charge in [-0.2, -0.15) is 0 Å². The summed E-state index contributed by atoms with van der Waals surface area (Å²) in [6.07, 6.45) is 0.455. The molecule has 0 saturated heterocycles. The molecule has 1 unspecified atom stereocenters. The number of rotatable bonds is 4. The van der Waals surface area contributed by atoms with Gasteiger partial charge in [0.15, 0.2) is 0 Å². The van der Waals surface area contributed by atoms with E-state index in [9.17, 15) is 9.18 Å². The first-order valence-electron chi connectivity index (χ1n) is 5.99. The van der Waals surface area contributed by atoms with Gasteiger partial charge in [0, 0.05) is 18.4 Å². The van der Waals surface area contributed by atoms with E-state index >= 15 is 0 Å². The molecule has 20 heavy (non-hydrogen) atoms. The first-order valence-corrected chi connectivity index (χ1v) is 6.90. The average molecular weight is 319 g/mol. The smallest absolute Gasteiger partial charge is 0.328 e. The number of benzene rings is 1. The van der Waals surface area contributed by atoms with Gasteiger partial charge in [-0.05, 0) is 13.0 Å². The van der Waals surface area contributed by atoms with Gasteiger partial charge in [-0.15, -0.1) is 11.6 Å². The fourth-order valence-corrected chi connectivity index (χ4v) is 2.44. The maximum absolute atomic E-state index is 13.5. The Kier molecular flexibility index (Phi) is 4.50. The van der Waals surface area contributed by atoms with E-state index in [1.165, 1.54) is 19.2 Å². The molecule has 4 nitrogen and oxygen atoms in total. The van der Waals surface area contributed by atoms with E-state index in [1.807, 2.05) is 0 Å². The van der Waals surface area contributed by atoms with Crippen LogP contribution in [0.4, 0.5) is 4.39 Å². The van der Waals surface area contributed by atoms with Gasteiger partial charge in [-0.25, -0.2) is 14.2 Å². The number of carbonyl (C=O) groups is 1. The molecule has 0 fully saturated rings. The van der Waals surface area contributed by atoms with Crippen molar-refractivity contribution in [2.45, 2.75) is 19.4 Å². The summed E-state index contributed by atoms with van der Waals surface area (Å²) in [6, 6.07) is 2.11. The Morgan fingerprint density at radius 2 is 2.25 bits per heavy atom. The predicted octanol–water partition coefficient (Wildman–Crippen LogP) is 3.34. The number of nitrogens with zero attached hydrogens (tertiary/aromatic N) is 2. The summed E-state index contributed by atoms with van der Waals surface area (Å²) in [4.78, 5) is 16.1. The highest BCUT2D eigenvalue weighted by Gasteiger charge is 2.22. The molecule has 7 heteroatoms. The molecule has 0 spiro atoms. The van der Waals surface area contributed by atoms with Crippen LogP contribution < -0.4 is 0 Å². The van der Waals surface area contributed by atoms with Crippen LogP contribution in [0, 0.1) is 5.82 Å². The quantitative estimate of drug-likeness (QED) is 0.641. The number of hydrogen-bond donors (Lipinski definition) is 0. The van der Waals surface area contributed by atoms with Crippen molar-refractivity contribution in [3.8, 4) is 0 Å². The molecule has 0 aliphatic rings. The molecule has 0 saturated carbocycles. The minimum absolute atomic E-state index is 0.0202. The van der Waals surface area contributed by atoms with Crippen LogP contribution >= 0.6 is 23.2 Å². The molecular formula is C13H13Cl2FN2O2. The monoisotopic (exact) mass is 318 g/mol. The van der Waals surface area contributed by atoms with Gasteiger partial charge < -0.3 is 9.30 Å². The summed E-state index contributed by atoms with van der Waals surface area (Å²) in [5.41, 5.74) is 1.01. The lowest BCUT2D eigenvalue weighted by Gasteiger charge is -2.15. The van der Waals surface area contributed by atoms with Crippen LogP contribution in [0.2, 0.25) is 5.02 Å². The third kappa shape index (κ3) is 2.60. The second-order valence-corrected chi connectivity index (χ2v) is 5.08. The van der Waals surface area contributed by atoms with Crippen molar-refractivity contribution in [3.05, 3.63) is 28.8 Å². The standard InChI is InChI=1S/C13H13Cl2FN2O2/c1-7(13(19)20-2)18-11-5-8(15)9(16)6-10(11)17-12(18)3-4-14/h5-7H,3-4H2,1-2H3. The number of alkyl halides is 1. The van der Waals surface area contributed by atoms with Crippen LogP contribution in [0.5, 0.6) is 0 Å². The van der Waals surface area contributed by atoms with Crippen molar-refractivity contribution in [3.63, 3.8) is 0 Å². The molecule has 2 aromatic rings. The number of esters is 1. The molecule has 1 aromatic carbocycles. The summed E-state index contributed by atoms with van der Waals surface area (Å²) < 4.78 is 19.9. The van der Waals surface area contributed by atoms with E-state index in [0.29, 0.717) is 29.2 Å². The van der Waals surface area contributed by atoms with Gasteiger partial charge in [-0.3, -0.25) is 0 Å². The minimum Gasteiger partial charge on any atom is -0.467 e. The fraction of sp³-hybridized carbons (Fsp3) is 0.385. The molecule has 2 rings (SSSR count).